The molecule has 3 rings (SSSR count). The summed E-state index contributed by atoms with van der Waals surface area (Å²) in [6.45, 7) is 5.08. The van der Waals surface area contributed by atoms with Gasteiger partial charge in [-0.1, -0.05) is 98.3 Å². The Bertz CT molecular complexity index is 1100. The molecule has 0 spiro atoms. The first-order valence-electron chi connectivity index (χ1n) is 12.0. The summed E-state index contributed by atoms with van der Waals surface area (Å²) >= 11 is 0. The molecule has 0 heterocycles. The van der Waals surface area contributed by atoms with E-state index in [0.29, 0.717) is 30.9 Å². The fourth-order valence-corrected chi connectivity index (χ4v) is 3.47. The molecule has 0 saturated heterocycles. The lowest BCUT2D eigenvalue weighted by Gasteiger charge is -2.06. The van der Waals surface area contributed by atoms with Gasteiger partial charge in [0.25, 0.3) is 0 Å². The molecule has 0 radical (unpaired) electrons. The molecule has 4 heteroatoms. The predicted octanol–water partition coefficient (Wildman–Crippen LogP) is 7.30. The minimum absolute atomic E-state index is 0.0498. The molecule has 0 saturated carbocycles. The summed E-state index contributed by atoms with van der Waals surface area (Å²) in [4.78, 5) is 24.2. The summed E-state index contributed by atoms with van der Waals surface area (Å²) in [7, 11) is 0. The van der Waals surface area contributed by atoms with Crippen LogP contribution in [0.15, 0.2) is 91.5 Å². The van der Waals surface area contributed by atoms with Crippen LogP contribution in [0.5, 0.6) is 5.75 Å². The molecule has 0 atom stereocenters. The second-order valence-electron chi connectivity index (χ2n) is 8.27. The molecule has 0 aliphatic rings. The third-order valence-electron chi connectivity index (χ3n) is 5.50. The summed E-state index contributed by atoms with van der Waals surface area (Å²) < 4.78 is 11.1. The largest absolute Gasteiger partial charge is 0.427 e. The molecule has 0 unspecified atom stereocenters. The first-order chi connectivity index (χ1) is 17.1. The van der Waals surface area contributed by atoms with Crippen LogP contribution in [-0.2, 0) is 16.1 Å². The van der Waals surface area contributed by atoms with Gasteiger partial charge >= 0.3 is 5.97 Å². The highest BCUT2D eigenvalue weighted by Gasteiger charge is 2.05. The molecule has 3 aromatic carbocycles. The third kappa shape index (κ3) is 9.55. The highest BCUT2D eigenvalue weighted by molar-refractivity contribution is 6.06. The molecular weight excluding hydrogens is 436 g/mol. The van der Waals surface area contributed by atoms with Crippen molar-refractivity contribution in [2.75, 3.05) is 6.61 Å². The standard InChI is InChI=1S/C31H32O4/c1-2-25-13-15-27(16-14-25)24-34-23-9-4-3-8-12-31(33)35-29-20-17-26(18-21-29)19-22-30(32)28-10-6-5-7-11-28/h2,5-7,10-11,13-22H,1,3-4,8-9,12,23-24H2. The van der Waals surface area contributed by atoms with Crippen molar-refractivity contribution in [2.45, 2.75) is 38.7 Å². The van der Waals surface area contributed by atoms with E-state index in [1.165, 1.54) is 0 Å². The normalized spacial score (nSPS) is 10.9. The second-order valence-corrected chi connectivity index (χ2v) is 8.27. The fourth-order valence-electron chi connectivity index (χ4n) is 3.47. The molecule has 0 aromatic heterocycles. The van der Waals surface area contributed by atoms with Gasteiger partial charge in [-0.25, -0.2) is 0 Å². The number of hydrogen-bond donors (Lipinski definition) is 0. The van der Waals surface area contributed by atoms with Gasteiger partial charge in [0.05, 0.1) is 6.61 Å². The van der Waals surface area contributed by atoms with Crippen molar-refractivity contribution in [2.24, 2.45) is 0 Å². The zero-order valence-corrected chi connectivity index (χ0v) is 20.0. The van der Waals surface area contributed by atoms with Crippen molar-refractivity contribution < 1.29 is 19.1 Å². The fraction of sp³-hybridized carbons (Fsp3) is 0.226. The summed E-state index contributed by atoms with van der Waals surface area (Å²) in [6, 6.07) is 24.4. The summed E-state index contributed by atoms with van der Waals surface area (Å²) in [5.41, 5.74) is 3.78. The topological polar surface area (TPSA) is 52.6 Å². The Balaban J connectivity index is 1.26. The number of ether oxygens (including phenoxy) is 2. The number of carbonyl (C=O) groups is 2. The Labute approximate surface area is 207 Å². The third-order valence-corrected chi connectivity index (χ3v) is 5.50. The van der Waals surface area contributed by atoms with E-state index in [9.17, 15) is 9.59 Å². The van der Waals surface area contributed by atoms with E-state index in [-0.39, 0.29) is 11.8 Å². The Kier molecular flexibility index (Phi) is 10.7. The van der Waals surface area contributed by atoms with Crippen LogP contribution < -0.4 is 4.74 Å². The van der Waals surface area contributed by atoms with Crippen LogP contribution in [0.25, 0.3) is 12.2 Å². The number of allylic oxidation sites excluding steroid dienone is 1. The molecule has 3 aromatic rings. The summed E-state index contributed by atoms with van der Waals surface area (Å²) in [5, 5.41) is 0. The minimum Gasteiger partial charge on any atom is -0.427 e. The molecule has 0 aliphatic carbocycles. The first-order valence-corrected chi connectivity index (χ1v) is 12.0. The van der Waals surface area contributed by atoms with E-state index in [0.717, 1.165) is 42.4 Å². The second kappa shape index (κ2) is 14.5. The van der Waals surface area contributed by atoms with Crippen molar-refractivity contribution in [3.63, 3.8) is 0 Å². The lowest BCUT2D eigenvalue weighted by Crippen LogP contribution is -2.07. The van der Waals surface area contributed by atoms with Gasteiger partial charge in [-0.3, -0.25) is 9.59 Å². The van der Waals surface area contributed by atoms with Crippen molar-refractivity contribution in [3.8, 4) is 5.75 Å². The van der Waals surface area contributed by atoms with Crippen LogP contribution in [0.1, 0.15) is 59.2 Å². The molecule has 180 valence electrons. The SMILES string of the molecule is C=Cc1ccc(COCCCCCCC(=O)Oc2ccc(C=CC(=O)c3ccccc3)cc2)cc1. The number of unbranched alkanes of at least 4 members (excludes halogenated alkanes) is 3. The Morgan fingerprint density at radius 3 is 2.17 bits per heavy atom. The number of carbonyl (C=O) groups excluding carboxylic acids is 2. The van der Waals surface area contributed by atoms with Crippen molar-refractivity contribution in [3.05, 3.63) is 114 Å². The van der Waals surface area contributed by atoms with Gasteiger partial charge in [0.15, 0.2) is 5.78 Å². The van der Waals surface area contributed by atoms with E-state index < -0.39 is 0 Å². The van der Waals surface area contributed by atoms with E-state index in [2.05, 4.69) is 18.7 Å². The Hall–Kier alpha value is -3.76. The Morgan fingerprint density at radius 1 is 0.771 bits per heavy atom. The lowest BCUT2D eigenvalue weighted by molar-refractivity contribution is -0.134. The molecule has 0 fully saturated rings. The summed E-state index contributed by atoms with van der Waals surface area (Å²) in [6.07, 6.45) is 9.27. The number of rotatable bonds is 14. The van der Waals surface area contributed by atoms with E-state index >= 15 is 0 Å². The van der Waals surface area contributed by atoms with Crippen molar-refractivity contribution in [1.82, 2.24) is 0 Å². The number of ketones is 1. The van der Waals surface area contributed by atoms with Gasteiger partial charge in [-0.15, -0.1) is 0 Å². The van der Waals surface area contributed by atoms with Crippen LogP contribution >= 0.6 is 0 Å². The smallest absolute Gasteiger partial charge is 0.311 e. The number of hydrogen-bond acceptors (Lipinski definition) is 4. The van der Waals surface area contributed by atoms with E-state index in [4.69, 9.17) is 9.47 Å². The minimum atomic E-state index is -0.230. The van der Waals surface area contributed by atoms with Gasteiger partial charge in [0, 0.05) is 18.6 Å². The van der Waals surface area contributed by atoms with E-state index in [1.54, 1.807) is 36.4 Å². The molecule has 35 heavy (non-hydrogen) atoms. The maximum atomic E-state index is 12.1. The van der Waals surface area contributed by atoms with E-state index in [1.807, 2.05) is 48.5 Å². The maximum absolute atomic E-state index is 12.1. The quantitative estimate of drug-likeness (QED) is 0.0819. The number of esters is 1. The molecule has 4 nitrogen and oxygen atoms in total. The molecular formula is C31H32O4. The van der Waals surface area contributed by atoms with Crippen LogP contribution in [0.3, 0.4) is 0 Å². The van der Waals surface area contributed by atoms with Crippen LogP contribution in [-0.4, -0.2) is 18.4 Å². The predicted molar refractivity (Wildman–Crippen MR) is 141 cm³/mol. The highest BCUT2D eigenvalue weighted by atomic mass is 16.5. The monoisotopic (exact) mass is 468 g/mol. The van der Waals surface area contributed by atoms with Crippen LogP contribution in [0.2, 0.25) is 0 Å². The lowest BCUT2D eigenvalue weighted by atomic mass is 10.1. The summed E-state index contributed by atoms with van der Waals surface area (Å²) in [5.74, 6) is 0.231. The first kappa shape index (κ1) is 25.9. The van der Waals surface area contributed by atoms with Crippen LogP contribution in [0, 0.1) is 0 Å². The van der Waals surface area contributed by atoms with Gasteiger partial charge in [-0.05, 0) is 47.7 Å². The maximum Gasteiger partial charge on any atom is 0.311 e. The van der Waals surface area contributed by atoms with Crippen molar-refractivity contribution in [1.29, 1.82) is 0 Å². The van der Waals surface area contributed by atoms with Gasteiger partial charge in [-0.2, -0.15) is 0 Å². The molecule has 0 N–H and O–H groups in total. The number of benzene rings is 3. The molecule has 0 aliphatic heterocycles. The van der Waals surface area contributed by atoms with Crippen molar-refractivity contribution >= 4 is 23.9 Å². The Morgan fingerprint density at radius 2 is 1.46 bits per heavy atom. The van der Waals surface area contributed by atoms with Gasteiger partial charge in [0.1, 0.15) is 5.75 Å². The zero-order valence-electron chi connectivity index (χ0n) is 20.0. The average Bonchev–Trinajstić information content (AvgIpc) is 2.90. The van der Waals surface area contributed by atoms with Gasteiger partial charge in [0.2, 0.25) is 0 Å². The molecule has 0 amide bonds. The van der Waals surface area contributed by atoms with Crippen LogP contribution in [0.4, 0.5) is 0 Å². The average molecular weight is 469 g/mol. The van der Waals surface area contributed by atoms with Gasteiger partial charge < -0.3 is 9.47 Å². The highest BCUT2D eigenvalue weighted by Crippen LogP contribution is 2.15. The zero-order chi connectivity index (χ0) is 24.7. The molecule has 0 bridgehead atoms.